The quantitative estimate of drug-likeness (QED) is 0.719. The second kappa shape index (κ2) is 4.85. The lowest BCUT2D eigenvalue weighted by molar-refractivity contribution is 0.876. The molecule has 1 atom stereocenters. The lowest BCUT2D eigenvalue weighted by Crippen LogP contribution is -2.08. The molecule has 0 radical (unpaired) electrons. The molecule has 3 rings (SSSR count). The van der Waals surface area contributed by atoms with Crippen LogP contribution in [0.4, 0.5) is 5.82 Å². The minimum atomic E-state index is 0.116. The molecule has 1 aromatic carbocycles. The zero-order chi connectivity index (χ0) is 13.2. The highest BCUT2D eigenvalue weighted by molar-refractivity contribution is 6.28. The Labute approximate surface area is 115 Å². The van der Waals surface area contributed by atoms with Crippen molar-refractivity contribution in [1.82, 2.24) is 20.2 Å². The monoisotopic (exact) mass is 273 g/mol. The Balaban J connectivity index is 1.95. The predicted molar refractivity (Wildman–Crippen MR) is 75.2 cm³/mol. The van der Waals surface area contributed by atoms with E-state index in [1.54, 1.807) is 6.20 Å². The smallest absolute Gasteiger partial charge is 0.226 e. The molecule has 0 aliphatic heterocycles. The first-order chi connectivity index (χ1) is 9.24. The number of hydrogen-bond donors (Lipinski definition) is 2. The van der Waals surface area contributed by atoms with Crippen molar-refractivity contribution in [2.75, 3.05) is 5.32 Å². The molecule has 0 bridgehead atoms. The largest absolute Gasteiger partial charge is 0.363 e. The van der Waals surface area contributed by atoms with Gasteiger partial charge in [0.05, 0.1) is 11.6 Å². The number of nitrogens with zero attached hydrogens (tertiary/aromatic N) is 3. The van der Waals surface area contributed by atoms with Crippen LogP contribution in [0, 0.1) is 0 Å². The number of hydrogen-bond acceptors (Lipinski definition) is 4. The van der Waals surface area contributed by atoms with E-state index < -0.39 is 0 Å². The van der Waals surface area contributed by atoms with Crippen LogP contribution >= 0.6 is 11.6 Å². The van der Waals surface area contributed by atoms with E-state index in [0.717, 1.165) is 5.39 Å². The Hall–Kier alpha value is -2.14. The van der Waals surface area contributed by atoms with Gasteiger partial charge in [0.1, 0.15) is 5.82 Å². The fourth-order valence-corrected chi connectivity index (χ4v) is 2.12. The Kier molecular flexibility index (Phi) is 3.05. The Morgan fingerprint density at radius 2 is 2.00 bits per heavy atom. The Morgan fingerprint density at radius 1 is 1.21 bits per heavy atom. The molecule has 19 heavy (non-hydrogen) atoms. The lowest BCUT2D eigenvalue weighted by atomic mass is 10.1. The van der Waals surface area contributed by atoms with Gasteiger partial charge in [0.15, 0.2) is 5.65 Å². The number of rotatable bonds is 3. The van der Waals surface area contributed by atoms with Crippen LogP contribution in [0.2, 0.25) is 5.28 Å². The van der Waals surface area contributed by atoms with E-state index >= 15 is 0 Å². The number of anilines is 1. The summed E-state index contributed by atoms with van der Waals surface area (Å²) in [5.74, 6) is 0.681. The maximum Gasteiger partial charge on any atom is 0.226 e. The molecule has 6 heteroatoms. The second-order valence-corrected chi connectivity index (χ2v) is 4.59. The lowest BCUT2D eigenvalue weighted by Gasteiger charge is -2.15. The van der Waals surface area contributed by atoms with Crippen LogP contribution in [-0.4, -0.2) is 20.2 Å². The summed E-state index contributed by atoms with van der Waals surface area (Å²) in [5, 5.41) is 11.1. The number of benzene rings is 1. The molecule has 2 N–H and O–H groups in total. The molecule has 2 heterocycles. The summed E-state index contributed by atoms with van der Waals surface area (Å²) in [6.45, 7) is 2.07. The molecule has 0 spiro atoms. The minimum absolute atomic E-state index is 0.116. The molecule has 3 aromatic rings. The molecular weight excluding hydrogens is 262 g/mol. The molecule has 0 fully saturated rings. The third kappa shape index (κ3) is 2.37. The van der Waals surface area contributed by atoms with Gasteiger partial charge in [-0.25, -0.2) is 0 Å². The van der Waals surface area contributed by atoms with Gasteiger partial charge in [-0.2, -0.15) is 15.1 Å². The molecular formula is C13H12ClN5. The first kappa shape index (κ1) is 11.9. The number of aromatic amines is 1. The van der Waals surface area contributed by atoms with Crippen LogP contribution in [0.15, 0.2) is 36.5 Å². The van der Waals surface area contributed by atoms with Gasteiger partial charge in [-0.05, 0) is 24.1 Å². The summed E-state index contributed by atoms with van der Waals surface area (Å²) in [5.41, 5.74) is 1.80. The van der Waals surface area contributed by atoms with Gasteiger partial charge >= 0.3 is 0 Å². The maximum absolute atomic E-state index is 5.90. The van der Waals surface area contributed by atoms with Crippen molar-refractivity contribution >= 4 is 28.5 Å². The fourth-order valence-electron chi connectivity index (χ4n) is 1.95. The van der Waals surface area contributed by atoms with Gasteiger partial charge < -0.3 is 5.32 Å². The summed E-state index contributed by atoms with van der Waals surface area (Å²) in [4.78, 5) is 8.29. The van der Waals surface area contributed by atoms with Gasteiger partial charge in [0.25, 0.3) is 0 Å². The second-order valence-electron chi connectivity index (χ2n) is 4.25. The topological polar surface area (TPSA) is 66.5 Å². The standard InChI is InChI=1S/C13H12ClN5/c1-8(9-5-3-2-4-6-9)16-11-10-7-15-19-12(10)18-13(14)17-11/h2-8H,1H3,(H2,15,16,17,18,19)/t8-/m0/s1. The summed E-state index contributed by atoms with van der Waals surface area (Å²) in [6.07, 6.45) is 1.69. The van der Waals surface area contributed by atoms with Gasteiger partial charge in [-0.1, -0.05) is 30.3 Å². The van der Waals surface area contributed by atoms with Crippen molar-refractivity contribution in [3.63, 3.8) is 0 Å². The average molecular weight is 274 g/mol. The highest BCUT2D eigenvalue weighted by Gasteiger charge is 2.11. The van der Waals surface area contributed by atoms with Crippen molar-refractivity contribution in [1.29, 1.82) is 0 Å². The molecule has 5 nitrogen and oxygen atoms in total. The van der Waals surface area contributed by atoms with Gasteiger partial charge in [-0.15, -0.1) is 0 Å². The van der Waals surface area contributed by atoms with Crippen LogP contribution in [0.3, 0.4) is 0 Å². The number of aromatic nitrogens is 4. The average Bonchev–Trinajstić information content (AvgIpc) is 2.88. The van der Waals surface area contributed by atoms with E-state index in [4.69, 9.17) is 11.6 Å². The van der Waals surface area contributed by atoms with E-state index in [2.05, 4.69) is 44.5 Å². The number of fused-ring (bicyclic) bond motifs is 1. The zero-order valence-corrected chi connectivity index (χ0v) is 11.0. The predicted octanol–water partition coefficient (Wildman–Crippen LogP) is 3.18. The molecule has 0 aliphatic carbocycles. The molecule has 96 valence electrons. The highest BCUT2D eigenvalue weighted by Crippen LogP contribution is 2.24. The summed E-state index contributed by atoms with van der Waals surface area (Å²) < 4.78 is 0. The zero-order valence-electron chi connectivity index (χ0n) is 10.3. The summed E-state index contributed by atoms with van der Waals surface area (Å²) in [6, 6.07) is 10.2. The fraction of sp³-hybridized carbons (Fsp3) is 0.154. The van der Waals surface area contributed by atoms with E-state index in [9.17, 15) is 0 Å². The van der Waals surface area contributed by atoms with Crippen molar-refractivity contribution < 1.29 is 0 Å². The molecule has 0 saturated carbocycles. The molecule has 0 saturated heterocycles. The van der Waals surface area contributed by atoms with Gasteiger partial charge in [0, 0.05) is 6.04 Å². The Bertz CT molecular complexity index is 695. The van der Waals surface area contributed by atoms with Crippen LogP contribution in [0.1, 0.15) is 18.5 Å². The Morgan fingerprint density at radius 3 is 2.79 bits per heavy atom. The van der Waals surface area contributed by atoms with E-state index in [1.165, 1.54) is 5.56 Å². The molecule has 0 unspecified atom stereocenters. The number of halogens is 1. The molecule has 0 amide bonds. The summed E-state index contributed by atoms with van der Waals surface area (Å²) >= 11 is 5.90. The SMILES string of the molecule is C[C@H](Nc1nc(Cl)nc2[nH]ncc12)c1ccccc1. The normalized spacial score (nSPS) is 12.5. The maximum atomic E-state index is 5.90. The number of nitrogens with one attached hydrogen (secondary N) is 2. The first-order valence-corrected chi connectivity index (χ1v) is 6.30. The molecule has 2 aromatic heterocycles. The third-order valence-corrected chi connectivity index (χ3v) is 3.10. The van der Waals surface area contributed by atoms with Gasteiger partial charge in [0.2, 0.25) is 5.28 Å². The van der Waals surface area contributed by atoms with Crippen LogP contribution in [-0.2, 0) is 0 Å². The van der Waals surface area contributed by atoms with Gasteiger partial charge in [-0.3, -0.25) is 5.10 Å². The van der Waals surface area contributed by atoms with E-state index in [0.29, 0.717) is 11.5 Å². The van der Waals surface area contributed by atoms with Crippen molar-refractivity contribution in [2.24, 2.45) is 0 Å². The van der Waals surface area contributed by atoms with Crippen molar-refractivity contribution in [3.8, 4) is 0 Å². The third-order valence-electron chi connectivity index (χ3n) is 2.94. The van der Waals surface area contributed by atoms with Crippen LogP contribution < -0.4 is 5.32 Å². The van der Waals surface area contributed by atoms with Crippen LogP contribution in [0.25, 0.3) is 11.0 Å². The minimum Gasteiger partial charge on any atom is -0.363 e. The first-order valence-electron chi connectivity index (χ1n) is 5.92. The van der Waals surface area contributed by atoms with Crippen molar-refractivity contribution in [3.05, 3.63) is 47.4 Å². The van der Waals surface area contributed by atoms with Crippen LogP contribution in [0.5, 0.6) is 0 Å². The van der Waals surface area contributed by atoms with E-state index in [1.807, 2.05) is 18.2 Å². The van der Waals surface area contributed by atoms with Crippen molar-refractivity contribution in [2.45, 2.75) is 13.0 Å². The van der Waals surface area contributed by atoms with E-state index in [-0.39, 0.29) is 11.3 Å². The highest BCUT2D eigenvalue weighted by atomic mass is 35.5. The molecule has 0 aliphatic rings. The summed E-state index contributed by atoms with van der Waals surface area (Å²) in [7, 11) is 0. The number of H-pyrrole nitrogens is 1.